The number of halogens is 2. The van der Waals surface area contributed by atoms with E-state index in [-0.39, 0.29) is 42.0 Å². The molecule has 2 aromatic heterocycles. The van der Waals surface area contributed by atoms with Crippen LogP contribution in [0.4, 0.5) is 0 Å². The average molecular weight is 433 g/mol. The molecule has 3 rings (SSSR count). The Morgan fingerprint density at radius 1 is 1.30 bits per heavy atom. The first-order valence-corrected chi connectivity index (χ1v) is 10.3. The summed E-state index contributed by atoms with van der Waals surface area (Å²) in [4.78, 5) is 37.6. The Bertz CT molecular complexity index is 877. The predicted molar refractivity (Wildman–Crippen MR) is 102 cm³/mol. The zero-order valence-electron chi connectivity index (χ0n) is 14.8. The number of hydrogen-bond donors (Lipinski definition) is 0. The van der Waals surface area contributed by atoms with E-state index in [4.69, 9.17) is 32.7 Å². The highest BCUT2D eigenvalue weighted by Gasteiger charge is 2.54. The van der Waals surface area contributed by atoms with E-state index in [0.717, 1.165) is 0 Å². The minimum absolute atomic E-state index is 0.0548. The van der Waals surface area contributed by atoms with Crippen LogP contribution in [0.25, 0.3) is 11.2 Å². The summed E-state index contributed by atoms with van der Waals surface area (Å²) in [5, 5.41) is 0.0382. The highest BCUT2D eigenvalue weighted by Crippen LogP contribution is 2.44. The van der Waals surface area contributed by atoms with Crippen molar-refractivity contribution in [3.63, 3.8) is 0 Å². The zero-order chi connectivity index (χ0) is 19.6. The predicted octanol–water partition coefficient (Wildman–Crippen LogP) is 2.71. The fourth-order valence-electron chi connectivity index (χ4n) is 3.24. The lowest BCUT2D eigenvalue weighted by Crippen LogP contribution is -2.49. The number of thioether (sulfide) groups is 1. The number of aromatic nitrogens is 4. The average Bonchev–Trinajstić information content (AvgIpc) is 3.20. The second-order valence-corrected chi connectivity index (χ2v) is 7.66. The van der Waals surface area contributed by atoms with Crippen LogP contribution >= 0.6 is 35.0 Å². The molecule has 1 fully saturated rings. The number of nitrogens with zero attached hydrogens (tertiary/aromatic N) is 4. The van der Waals surface area contributed by atoms with Gasteiger partial charge in [-0.3, -0.25) is 9.36 Å². The van der Waals surface area contributed by atoms with Gasteiger partial charge in [0.15, 0.2) is 16.3 Å². The third kappa shape index (κ3) is 3.60. The number of carbonyl (C=O) groups excluding carboxylic acids is 2. The van der Waals surface area contributed by atoms with Gasteiger partial charge >= 0.3 is 11.9 Å². The van der Waals surface area contributed by atoms with Gasteiger partial charge in [-0.1, -0.05) is 11.6 Å². The minimum Gasteiger partial charge on any atom is -0.466 e. The first-order chi connectivity index (χ1) is 12.9. The van der Waals surface area contributed by atoms with Crippen LogP contribution in [0.1, 0.15) is 20.3 Å². The van der Waals surface area contributed by atoms with E-state index < -0.39 is 11.5 Å². The van der Waals surface area contributed by atoms with Gasteiger partial charge in [0.1, 0.15) is 5.52 Å². The Labute approximate surface area is 169 Å². The largest absolute Gasteiger partial charge is 0.466 e. The highest BCUT2D eigenvalue weighted by molar-refractivity contribution is 7.99. The third-order valence-corrected chi connectivity index (χ3v) is 6.13. The Balaban J connectivity index is 2.14. The van der Waals surface area contributed by atoms with Crippen LogP contribution in [0.2, 0.25) is 10.4 Å². The van der Waals surface area contributed by atoms with Crippen molar-refractivity contribution in [2.75, 3.05) is 24.7 Å². The van der Waals surface area contributed by atoms with Crippen LogP contribution in [0, 0.1) is 5.92 Å². The molecular weight excluding hydrogens is 415 g/mol. The van der Waals surface area contributed by atoms with E-state index in [1.165, 1.54) is 6.33 Å². The van der Waals surface area contributed by atoms with Crippen molar-refractivity contribution >= 4 is 58.1 Å². The molecule has 27 heavy (non-hydrogen) atoms. The zero-order valence-corrected chi connectivity index (χ0v) is 17.1. The van der Waals surface area contributed by atoms with Crippen LogP contribution in [-0.4, -0.2) is 56.2 Å². The monoisotopic (exact) mass is 432 g/mol. The number of hydrogen-bond acceptors (Lipinski definition) is 8. The van der Waals surface area contributed by atoms with Crippen molar-refractivity contribution in [2.24, 2.45) is 5.92 Å². The maximum Gasteiger partial charge on any atom is 0.333 e. The second kappa shape index (κ2) is 8.20. The lowest BCUT2D eigenvalue weighted by Gasteiger charge is -2.33. The minimum atomic E-state index is -1.16. The maximum absolute atomic E-state index is 13.1. The quantitative estimate of drug-likeness (QED) is 0.390. The molecule has 3 heterocycles. The number of carbonyl (C=O) groups is 2. The van der Waals surface area contributed by atoms with Crippen LogP contribution in [0.5, 0.6) is 0 Å². The van der Waals surface area contributed by atoms with Crippen molar-refractivity contribution in [1.29, 1.82) is 0 Å². The maximum atomic E-state index is 13.1. The normalized spacial score (nSPS) is 22.1. The van der Waals surface area contributed by atoms with Gasteiger partial charge in [0.25, 0.3) is 0 Å². The van der Waals surface area contributed by atoms with E-state index >= 15 is 0 Å². The van der Waals surface area contributed by atoms with Gasteiger partial charge in [0.05, 0.1) is 26.0 Å². The van der Waals surface area contributed by atoms with Crippen molar-refractivity contribution in [2.45, 2.75) is 25.8 Å². The number of ether oxygens (including phenoxy) is 2. The van der Waals surface area contributed by atoms with Crippen molar-refractivity contribution in [3.05, 3.63) is 16.8 Å². The van der Waals surface area contributed by atoms with Gasteiger partial charge in [-0.05, 0) is 31.2 Å². The molecule has 2 aromatic rings. The summed E-state index contributed by atoms with van der Waals surface area (Å²) in [5.41, 5.74) is -0.510. The molecule has 146 valence electrons. The number of esters is 2. The van der Waals surface area contributed by atoms with Gasteiger partial charge in [-0.2, -0.15) is 16.7 Å². The molecule has 2 atom stereocenters. The molecule has 0 bridgehead atoms. The van der Waals surface area contributed by atoms with Gasteiger partial charge in [-0.25, -0.2) is 14.8 Å². The molecule has 11 heteroatoms. The molecule has 0 unspecified atom stereocenters. The summed E-state index contributed by atoms with van der Waals surface area (Å²) in [6.45, 7) is 3.96. The summed E-state index contributed by atoms with van der Waals surface area (Å²) in [6.07, 6.45) is 1.55. The Kier molecular flexibility index (Phi) is 6.12. The topological polar surface area (TPSA) is 96.2 Å². The van der Waals surface area contributed by atoms with Crippen LogP contribution < -0.4 is 0 Å². The van der Waals surface area contributed by atoms with Gasteiger partial charge in [0.2, 0.25) is 5.28 Å². The van der Waals surface area contributed by atoms with Gasteiger partial charge in [0, 0.05) is 11.7 Å². The number of rotatable bonds is 6. The van der Waals surface area contributed by atoms with Crippen molar-refractivity contribution in [1.82, 2.24) is 19.5 Å². The number of fused-ring (bicyclic) bond motifs is 1. The molecule has 0 spiro atoms. The van der Waals surface area contributed by atoms with Crippen molar-refractivity contribution in [3.8, 4) is 0 Å². The Morgan fingerprint density at radius 3 is 2.74 bits per heavy atom. The smallest absolute Gasteiger partial charge is 0.333 e. The fourth-order valence-corrected chi connectivity index (χ4v) is 5.26. The molecule has 0 aromatic carbocycles. The van der Waals surface area contributed by atoms with E-state index in [0.29, 0.717) is 22.7 Å². The summed E-state index contributed by atoms with van der Waals surface area (Å²) < 4.78 is 12.1. The van der Waals surface area contributed by atoms with Gasteiger partial charge in [-0.15, -0.1) is 0 Å². The fraction of sp³-hybridized carbons (Fsp3) is 0.562. The van der Waals surface area contributed by atoms with E-state index in [2.05, 4.69) is 15.0 Å². The standard InChI is InChI=1S/C16H18Cl2N4O4S/c1-3-25-10(23)5-9-6-27-7-16(9,14(24)26-4-2)22-8-19-11-12(17)20-15(18)21-13(11)22/h8-9H,3-7H2,1-2H3/t9-,16-/m0/s1. The molecule has 1 aliphatic heterocycles. The summed E-state index contributed by atoms with van der Waals surface area (Å²) in [5.74, 6) is -0.182. The third-order valence-electron chi connectivity index (χ3n) is 4.42. The van der Waals surface area contributed by atoms with E-state index in [1.54, 1.807) is 30.2 Å². The molecule has 0 amide bonds. The molecule has 0 N–H and O–H groups in total. The lowest BCUT2D eigenvalue weighted by molar-refractivity contribution is -0.156. The highest BCUT2D eigenvalue weighted by atomic mass is 35.5. The first kappa shape index (κ1) is 20.2. The van der Waals surface area contributed by atoms with Gasteiger partial charge < -0.3 is 9.47 Å². The lowest BCUT2D eigenvalue weighted by atomic mass is 9.84. The Hall–Kier alpha value is -1.58. The van der Waals surface area contributed by atoms with Crippen LogP contribution in [-0.2, 0) is 24.6 Å². The molecule has 1 saturated heterocycles. The SMILES string of the molecule is CCOC(=O)C[C@H]1CSC[C@]1(C(=O)OCC)n1cnc2c(Cl)nc(Cl)nc21. The molecule has 0 radical (unpaired) electrons. The van der Waals surface area contributed by atoms with Crippen LogP contribution in [0.3, 0.4) is 0 Å². The van der Waals surface area contributed by atoms with E-state index in [1.807, 2.05) is 0 Å². The number of imidazole rings is 1. The summed E-state index contributed by atoms with van der Waals surface area (Å²) in [6, 6.07) is 0. The van der Waals surface area contributed by atoms with Crippen LogP contribution in [0.15, 0.2) is 6.33 Å². The molecule has 1 aliphatic rings. The summed E-state index contributed by atoms with van der Waals surface area (Å²) >= 11 is 13.6. The summed E-state index contributed by atoms with van der Waals surface area (Å²) in [7, 11) is 0. The molecular formula is C16H18Cl2N4O4S. The first-order valence-electron chi connectivity index (χ1n) is 8.41. The molecule has 0 saturated carbocycles. The Morgan fingerprint density at radius 2 is 2.04 bits per heavy atom. The molecule has 8 nitrogen and oxygen atoms in total. The van der Waals surface area contributed by atoms with Crippen molar-refractivity contribution < 1.29 is 19.1 Å². The van der Waals surface area contributed by atoms with E-state index in [9.17, 15) is 9.59 Å². The molecule has 0 aliphatic carbocycles. The second-order valence-electron chi connectivity index (χ2n) is 5.94.